The highest BCUT2D eigenvalue weighted by molar-refractivity contribution is 7.98. The summed E-state index contributed by atoms with van der Waals surface area (Å²) in [7, 11) is 1.72. The average molecular weight is 322 g/mol. The largest absolute Gasteiger partial charge is 0.383 e. The third-order valence-electron chi connectivity index (χ3n) is 3.15. The zero-order valence-corrected chi connectivity index (χ0v) is 14.4. The molecule has 1 aromatic carbocycles. The maximum atomic E-state index is 5.03. The zero-order valence-electron chi connectivity index (χ0n) is 12.8. The molecule has 0 saturated carbocycles. The minimum Gasteiger partial charge on any atom is -0.383 e. The predicted molar refractivity (Wildman–Crippen MR) is 91.2 cm³/mol. The van der Waals surface area contributed by atoms with Crippen LogP contribution in [0.15, 0.2) is 29.2 Å². The van der Waals surface area contributed by atoms with Crippen molar-refractivity contribution < 1.29 is 4.74 Å². The maximum Gasteiger partial charge on any atom is 0.103 e. The van der Waals surface area contributed by atoms with Gasteiger partial charge in [0, 0.05) is 30.0 Å². The van der Waals surface area contributed by atoms with Gasteiger partial charge >= 0.3 is 0 Å². The molecule has 2 aromatic rings. The van der Waals surface area contributed by atoms with Gasteiger partial charge in [0.15, 0.2) is 0 Å². The zero-order chi connectivity index (χ0) is 15.1. The van der Waals surface area contributed by atoms with Crippen molar-refractivity contribution in [1.29, 1.82) is 0 Å². The molecule has 0 radical (unpaired) electrons. The molecule has 1 heterocycles. The lowest BCUT2D eigenvalue weighted by Crippen LogP contribution is -2.18. The van der Waals surface area contributed by atoms with E-state index in [4.69, 9.17) is 4.74 Å². The van der Waals surface area contributed by atoms with Gasteiger partial charge in [-0.3, -0.25) is 0 Å². The van der Waals surface area contributed by atoms with Gasteiger partial charge in [0.1, 0.15) is 5.01 Å². The number of aryl methyl sites for hydroxylation is 2. The summed E-state index contributed by atoms with van der Waals surface area (Å²) in [6.07, 6.45) is 0. The molecule has 0 fully saturated rings. The van der Waals surface area contributed by atoms with Crippen molar-refractivity contribution in [1.82, 2.24) is 10.3 Å². The minimum atomic E-state index is 0.747. The van der Waals surface area contributed by atoms with Crippen molar-refractivity contribution in [3.05, 3.63) is 45.4 Å². The molecule has 0 spiro atoms. The lowest BCUT2D eigenvalue weighted by molar-refractivity contribution is 0.199. The standard InChI is InChI=1S/C16H22N2OS2/c1-12-13(2)21-16(18-12)11-20-15-6-4-5-14(9-15)10-17-7-8-19-3/h4-6,9,17H,7-8,10-11H2,1-3H3. The molecule has 0 aliphatic rings. The molecule has 0 atom stereocenters. The molecule has 114 valence electrons. The molecule has 2 rings (SSSR count). The van der Waals surface area contributed by atoms with Gasteiger partial charge in [0.25, 0.3) is 0 Å². The Bertz CT molecular complexity index is 550. The highest BCUT2D eigenvalue weighted by Crippen LogP contribution is 2.26. The van der Waals surface area contributed by atoms with Gasteiger partial charge in [-0.1, -0.05) is 12.1 Å². The van der Waals surface area contributed by atoms with Crippen molar-refractivity contribution in [3.63, 3.8) is 0 Å². The van der Waals surface area contributed by atoms with Crippen molar-refractivity contribution in [2.75, 3.05) is 20.3 Å². The first kappa shape index (κ1) is 16.5. The lowest BCUT2D eigenvalue weighted by Gasteiger charge is -2.06. The minimum absolute atomic E-state index is 0.747. The van der Waals surface area contributed by atoms with Crippen molar-refractivity contribution >= 4 is 23.1 Å². The second-order valence-corrected chi connectivity index (χ2v) is 7.19. The summed E-state index contributed by atoms with van der Waals surface area (Å²) in [5.74, 6) is 0.944. The highest BCUT2D eigenvalue weighted by Gasteiger charge is 2.04. The van der Waals surface area contributed by atoms with Gasteiger partial charge in [-0.25, -0.2) is 4.98 Å². The first-order valence-corrected chi connectivity index (χ1v) is 8.83. The number of nitrogens with one attached hydrogen (secondary N) is 1. The Morgan fingerprint density at radius 1 is 1.33 bits per heavy atom. The van der Waals surface area contributed by atoms with Crippen LogP contribution >= 0.6 is 23.1 Å². The van der Waals surface area contributed by atoms with Crippen LogP contribution < -0.4 is 5.32 Å². The summed E-state index contributed by atoms with van der Waals surface area (Å²) in [6.45, 7) is 6.72. The van der Waals surface area contributed by atoms with Crippen LogP contribution in [-0.4, -0.2) is 25.2 Å². The Hall–Kier alpha value is -0.880. The van der Waals surface area contributed by atoms with Gasteiger partial charge < -0.3 is 10.1 Å². The summed E-state index contributed by atoms with van der Waals surface area (Å²) >= 11 is 3.65. The second-order valence-electron chi connectivity index (χ2n) is 4.85. The highest BCUT2D eigenvalue weighted by atomic mass is 32.2. The predicted octanol–water partition coefficient (Wildman–Crippen LogP) is 3.79. The molecule has 21 heavy (non-hydrogen) atoms. The van der Waals surface area contributed by atoms with Crippen LogP contribution in [0.5, 0.6) is 0 Å². The number of nitrogens with zero attached hydrogens (tertiary/aromatic N) is 1. The van der Waals surface area contributed by atoms with E-state index in [0.717, 1.165) is 31.1 Å². The molecule has 1 N–H and O–H groups in total. The molecule has 3 nitrogen and oxygen atoms in total. The Morgan fingerprint density at radius 3 is 2.90 bits per heavy atom. The Labute approximate surface area is 135 Å². The fourth-order valence-corrected chi connectivity index (χ4v) is 3.80. The molecule has 0 bridgehead atoms. The SMILES string of the molecule is COCCNCc1cccc(SCc2nc(C)c(C)s2)c1. The summed E-state index contributed by atoms with van der Waals surface area (Å²) in [5.41, 5.74) is 2.47. The van der Waals surface area contributed by atoms with Gasteiger partial charge in [-0.2, -0.15) is 0 Å². The number of ether oxygens (including phenoxy) is 1. The van der Waals surface area contributed by atoms with Crippen molar-refractivity contribution in [3.8, 4) is 0 Å². The molecule has 0 aliphatic carbocycles. The first-order chi connectivity index (χ1) is 10.2. The first-order valence-electron chi connectivity index (χ1n) is 7.03. The Balaban J connectivity index is 1.85. The number of hydrogen-bond acceptors (Lipinski definition) is 5. The smallest absolute Gasteiger partial charge is 0.103 e. The number of rotatable bonds is 8. The van der Waals surface area contributed by atoms with Crippen molar-refractivity contribution in [2.45, 2.75) is 31.0 Å². The topological polar surface area (TPSA) is 34.1 Å². The summed E-state index contributed by atoms with van der Waals surface area (Å²) in [5, 5.41) is 4.58. The van der Waals surface area contributed by atoms with E-state index in [1.54, 1.807) is 18.4 Å². The summed E-state index contributed by atoms with van der Waals surface area (Å²) in [4.78, 5) is 7.21. The van der Waals surface area contributed by atoms with E-state index in [-0.39, 0.29) is 0 Å². The van der Waals surface area contributed by atoms with Crippen LogP contribution in [0.25, 0.3) is 0 Å². The number of benzene rings is 1. The monoisotopic (exact) mass is 322 g/mol. The molecule has 0 saturated heterocycles. The molecule has 0 amide bonds. The van der Waals surface area contributed by atoms with E-state index in [1.165, 1.54) is 20.3 Å². The van der Waals surface area contributed by atoms with Crippen LogP contribution in [0.1, 0.15) is 21.1 Å². The van der Waals surface area contributed by atoms with E-state index in [2.05, 4.69) is 48.4 Å². The molecule has 0 unspecified atom stereocenters. The number of hydrogen-bond donors (Lipinski definition) is 1. The molecule has 5 heteroatoms. The fraction of sp³-hybridized carbons (Fsp3) is 0.438. The van der Waals surface area contributed by atoms with Gasteiger partial charge in [0.2, 0.25) is 0 Å². The molecule has 0 aliphatic heterocycles. The van der Waals surface area contributed by atoms with E-state index in [1.807, 2.05) is 11.8 Å². The quantitative estimate of drug-likeness (QED) is 0.592. The van der Waals surface area contributed by atoms with Gasteiger partial charge in [-0.15, -0.1) is 23.1 Å². The van der Waals surface area contributed by atoms with Crippen molar-refractivity contribution in [2.24, 2.45) is 0 Å². The molecule has 1 aromatic heterocycles. The van der Waals surface area contributed by atoms with E-state index in [0.29, 0.717) is 0 Å². The van der Waals surface area contributed by atoms with E-state index >= 15 is 0 Å². The summed E-state index contributed by atoms with van der Waals surface area (Å²) in [6, 6.07) is 8.68. The third-order valence-corrected chi connectivity index (χ3v) is 5.41. The van der Waals surface area contributed by atoms with Crippen LogP contribution in [0.4, 0.5) is 0 Å². The number of methoxy groups -OCH3 is 1. The average Bonchev–Trinajstić information content (AvgIpc) is 2.81. The van der Waals surface area contributed by atoms with Crippen LogP contribution in [-0.2, 0) is 17.0 Å². The van der Waals surface area contributed by atoms with Crippen LogP contribution in [0.3, 0.4) is 0 Å². The van der Waals surface area contributed by atoms with E-state index < -0.39 is 0 Å². The number of thioether (sulfide) groups is 1. The van der Waals surface area contributed by atoms with Gasteiger partial charge in [-0.05, 0) is 31.5 Å². The van der Waals surface area contributed by atoms with E-state index in [9.17, 15) is 0 Å². The normalized spacial score (nSPS) is 11.0. The molecular formula is C16H22N2OS2. The van der Waals surface area contributed by atoms with Gasteiger partial charge in [0.05, 0.1) is 18.1 Å². The third kappa shape index (κ3) is 5.43. The lowest BCUT2D eigenvalue weighted by atomic mass is 10.2. The number of aromatic nitrogens is 1. The number of thiazole rings is 1. The van der Waals surface area contributed by atoms with Crippen LogP contribution in [0, 0.1) is 13.8 Å². The molecular weight excluding hydrogens is 300 g/mol. The second kappa shape index (κ2) is 8.54. The maximum absolute atomic E-state index is 5.03. The Morgan fingerprint density at radius 2 is 2.19 bits per heavy atom. The van der Waals surface area contributed by atoms with Crippen LogP contribution in [0.2, 0.25) is 0 Å². The summed E-state index contributed by atoms with van der Waals surface area (Å²) < 4.78 is 5.03. The fourth-order valence-electron chi connectivity index (χ4n) is 1.90. The Kier molecular flexibility index (Phi) is 6.70.